The van der Waals surface area contributed by atoms with Gasteiger partial charge in [0.25, 0.3) is 5.97 Å². The van der Waals surface area contributed by atoms with E-state index in [4.69, 9.17) is 9.90 Å². The largest absolute Gasteiger partial charge is 0.481 e. The Kier molecular flexibility index (Phi) is 15.4. The lowest BCUT2D eigenvalue weighted by Crippen LogP contribution is -2.09. The Bertz CT molecular complexity index is 136. The molecule has 0 rings (SSSR count). The molecule has 0 aliphatic carbocycles. The molecule has 0 aliphatic rings. The maximum absolute atomic E-state index is 9.00. The number of nitrogens with zero attached hydrogens (tertiary/aromatic N) is 2. The molecule has 0 unspecified atom stereocenters. The molecule has 0 aromatic heterocycles. The summed E-state index contributed by atoms with van der Waals surface area (Å²) in [6.07, 6.45) is 2.15. The second-order valence-electron chi connectivity index (χ2n) is 2.54. The van der Waals surface area contributed by atoms with Gasteiger partial charge in [-0.2, -0.15) is 0 Å². The van der Waals surface area contributed by atoms with E-state index >= 15 is 0 Å². The minimum Gasteiger partial charge on any atom is -0.481 e. The van der Waals surface area contributed by atoms with Gasteiger partial charge in [0, 0.05) is 20.0 Å². The quantitative estimate of drug-likeness (QED) is 0.346. The molecule has 0 spiro atoms. The molecule has 0 saturated carbocycles. The van der Waals surface area contributed by atoms with Crippen LogP contribution >= 0.6 is 0 Å². The van der Waals surface area contributed by atoms with Crippen molar-refractivity contribution >= 4 is 5.97 Å². The standard InChI is InChI=1S/C6H16N4.C2H4O2/c1-3-5-7-9-10-8-6-4-2;1-2(3)4/h3-6H2,1-2H3,(H,7,10)(H,8,9);1H3,(H,3,4). The SMILES string of the molecule is CC(=O)O.CCCNN=NNCCC. The monoisotopic (exact) mass is 204 g/mol. The van der Waals surface area contributed by atoms with Crippen molar-refractivity contribution in [2.45, 2.75) is 33.6 Å². The van der Waals surface area contributed by atoms with Crippen molar-refractivity contribution in [1.82, 2.24) is 10.9 Å². The van der Waals surface area contributed by atoms with Gasteiger partial charge in [-0.25, -0.2) is 0 Å². The highest BCUT2D eigenvalue weighted by Gasteiger charge is 1.75. The van der Waals surface area contributed by atoms with Gasteiger partial charge >= 0.3 is 0 Å². The average Bonchev–Trinajstić information content (AvgIpc) is 2.10. The fourth-order valence-corrected chi connectivity index (χ4v) is 0.394. The van der Waals surface area contributed by atoms with Gasteiger partial charge in [0.2, 0.25) is 0 Å². The zero-order chi connectivity index (χ0) is 11.2. The van der Waals surface area contributed by atoms with Gasteiger partial charge in [0.15, 0.2) is 0 Å². The second-order valence-corrected chi connectivity index (χ2v) is 2.54. The summed E-state index contributed by atoms with van der Waals surface area (Å²) in [5.41, 5.74) is 5.58. The minimum absolute atomic E-state index is 0.833. The molecule has 0 fully saturated rings. The number of nitrogens with one attached hydrogen (secondary N) is 2. The molecule has 0 bridgehead atoms. The molecule has 0 aromatic carbocycles. The molecule has 0 amide bonds. The van der Waals surface area contributed by atoms with E-state index in [1.165, 1.54) is 0 Å². The Morgan fingerprint density at radius 3 is 1.64 bits per heavy atom. The lowest BCUT2D eigenvalue weighted by Gasteiger charge is -1.94. The number of carbonyl (C=O) groups is 1. The van der Waals surface area contributed by atoms with E-state index in [1.807, 2.05) is 0 Å². The fourth-order valence-electron chi connectivity index (χ4n) is 0.394. The van der Waals surface area contributed by atoms with Crippen molar-refractivity contribution in [2.75, 3.05) is 13.1 Å². The average molecular weight is 204 g/mol. The van der Waals surface area contributed by atoms with Crippen LogP contribution in [-0.4, -0.2) is 24.2 Å². The summed E-state index contributed by atoms with van der Waals surface area (Å²) >= 11 is 0. The van der Waals surface area contributed by atoms with Crippen LogP contribution in [0.2, 0.25) is 0 Å². The summed E-state index contributed by atoms with van der Waals surface area (Å²) in [6.45, 7) is 7.03. The molecule has 0 aliphatic heterocycles. The molecule has 0 aromatic rings. The van der Waals surface area contributed by atoms with Crippen LogP contribution in [0.15, 0.2) is 10.4 Å². The minimum atomic E-state index is -0.833. The number of hydrogen-bond donors (Lipinski definition) is 3. The molecule has 84 valence electrons. The van der Waals surface area contributed by atoms with Crippen molar-refractivity contribution in [1.29, 1.82) is 0 Å². The van der Waals surface area contributed by atoms with Crippen molar-refractivity contribution in [3.05, 3.63) is 0 Å². The molecule has 14 heavy (non-hydrogen) atoms. The number of aliphatic carboxylic acids is 1. The first kappa shape index (κ1) is 15.2. The van der Waals surface area contributed by atoms with Crippen LogP contribution in [0.1, 0.15) is 33.6 Å². The van der Waals surface area contributed by atoms with Gasteiger partial charge < -0.3 is 5.11 Å². The van der Waals surface area contributed by atoms with Crippen LogP contribution in [0.5, 0.6) is 0 Å². The van der Waals surface area contributed by atoms with E-state index in [9.17, 15) is 0 Å². The molecular formula is C8H20N4O2. The summed E-state index contributed by atoms with van der Waals surface area (Å²) in [6, 6.07) is 0. The third-order valence-corrected chi connectivity index (χ3v) is 0.915. The topological polar surface area (TPSA) is 86.1 Å². The van der Waals surface area contributed by atoms with E-state index in [2.05, 4.69) is 35.1 Å². The van der Waals surface area contributed by atoms with Crippen molar-refractivity contribution < 1.29 is 9.90 Å². The van der Waals surface area contributed by atoms with Crippen LogP contribution in [-0.2, 0) is 4.79 Å². The van der Waals surface area contributed by atoms with Crippen LogP contribution in [0.3, 0.4) is 0 Å². The van der Waals surface area contributed by atoms with E-state index in [-0.39, 0.29) is 0 Å². The zero-order valence-electron chi connectivity index (χ0n) is 9.08. The van der Waals surface area contributed by atoms with E-state index in [0.717, 1.165) is 32.9 Å². The maximum atomic E-state index is 9.00. The van der Waals surface area contributed by atoms with Gasteiger partial charge in [-0.1, -0.05) is 24.3 Å². The Morgan fingerprint density at radius 1 is 1.14 bits per heavy atom. The fraction of sp³-hybridized carbons (Fsp3) is 0.875. The lowest BCUT2D eigenvalue weighted by molar-refractivity contribution is -0.134. The highest BCUT2D eigenvalue weighted by Crippen LogP contribution is 1.72. The first-order valence-corrected chi connectivity index (χ1v) is 4.70. The highest BCUT2D eigenvalue weighted by atomic mass is 16.4. The smallest absolute Gasteiger partial charge is 0.300 e. The first-order chi connectivity index (χ1) is 6.65. The van der Waals surface area contributed by atoms with Crippen molar-refractivity contribution in [3.8, 4) is 0 Å². The van der Waals surface area contributed by atoms with Crippen molar-refractivity contribution in [3.63, 3.8) is 0 Å². The van der Waals surface area contributed by atoms with Gasteiger partial charge in [0.1, 0.15) is 0 Å². The molecule has 0 heterocycles. The predicted octanol–water partition coefficient (Wildman–Crippen LogP) is 1.36. The number of carboxylic acids is 1. The van der Waals surface area contributed by atoms with Crippen LogP contribution in [0.25, 0.3) is 0 Å². The van der Waals surface area contributed by atoms with E-state index in [1.54, 1.807) is 0 Å². The molecular weight excluding hydrogens is 184 g/mol. The van der Waals surface area contributed by atoms with E-state index in [0.29, 0.717) is 0 Å². The lowest BCUT2D eigenvalue weighted by atomic mass is 10.5. The third-order valence-electron chi connectivity index (χ3n) is 0.915. The van der Waals surface area contributed by atoms with Crippen LogP contribution < -0.4 is 10.9 Å². The van der Waals surface area contributed by atoms with Crippen LogP contribution in [0.4, 0.5) is 0 Å². The summed E-state index contributed by atoms with van der Waals surface area (Å²) in [5, 5.41) is 14.7. The van der Waals surface area contributed by atoms with Gasteiger partial charge in [-0.05, 0) is 12.8 Å². The Balaban J connectivity index is 0. The Morgan fingerprint density at radius 2 is 1.43 bits per heavy atom. The first-order valence-electron chi connectivity index (χ1n) is 4.70. The molecule has 6 heteroatoms. The third kappa shape index (κ3) is 31.0. The van der Waals surface area contributed by atoms with Gasteiger partial charge in [-0.3, -0.25) is 15.6 Å². The van der Waals surface area contributed by atoms with Crippen LogP contribution in [0, 0.1) is 0 Å². The predicted molar refractivity (Wildman–Crippen MR) is 54.8 cm³/mol. The van der Waals surface area contributed by atoms with E-state index < -0.39 is 5.97 Å². The van der Waals surface area contributed by atoms with Gasteiger partial charge in [-0.15, -0.1) is 0 Å². The molecule has 0 atom stereocenters. The summed E-state index contributed by atoms with van der Waals surface area (Å²) in [5.74, 6) is -0.833. The second kappa shape index (κ2) is 14.2. The zero-order valence-corrected chi connectivity index (χ0v) is 9.08. The molecule has 0 saturated heterocycles. The van der Waals surface area contributed by atoms with Crippen molar-refractivity contribution in [2.24, 2.45) is 10.4 Å². The summed E-state index contributed by atoms with van der Waals surface area (Å²) in [7, 11) is 0. The Labute approximate surface area is 84.7 Å². The number of carboxylic acid groups (broad SMARTS) is 1. The maximum Gasteiger partial charge on any atom is 0.300 e. The summed E-state index contributed by atoms with van der Waals surface area (Å²) in [4.78, 5) is 9.00. The Hall–Kier alpha value is -1.33. The molecule has 3 N–H and O–H groups in total. The summed E-state index contributed by atoms with van der Waals surface area (Å²) < 4.78 is 0. The van der Waals surface area contributed by atoms with Gasteiger partial charge in [0.05, 0.1) is 0 Å². The normalized spacial score (nSPS) is 9.07. The number of rotatable bonds is 6. The molecule has 6 nitrogen and oxygen atoms in total. The number of hydrogen-bond acceptors (Lipinski definition) is 3. The highest BCUT2D eigenvalue weighted by molar-refractivity contribution is 5.62. The molecule has 0 radical (unpaired) electrons.